The van der Waals surface area contributed by atoms with E-state index in [0.29, 0.717) is 23.7 Å². The Hall–Kier alpha value is -2.01. The lowest BCUT2D eigenvalue weighted by Crippen LogP contribution is -2.45. The number of ether oxygens (including phenoxy) is 1. The van der Waals surface area contributed by atoms with Crippen molar-refractivity contribution in [2.45, 2.75) is 12.8 Å². The van der Waals surface area contributed by atoms with E-state index < -0.39 is 0 Å². The minimum atomic E-state index is -0.344. The van der Waals surface area contributed by atoms with Crippen LogP contribution in [0.15, 0.2) is 23.8 Å². The molecule has 3 rings (SSSR count). The van der Waals surface area contributed by atoms with Crippen LogP contribution >= 0.6 is 11.6 Å². The van der Waals surface area contributed by atoms with E-state index in [9.17, 15) is 9.59 Å². The van der Waals surface area contributed by atoms with Crippen molar-refractivity contribution in [3.8, 4) is 5.75 Å². The molecule has 0 radical (unpaired) electrons. The van der Waals surface area contributed by atoms with Crippen LogP contribution in [-0.4, -0.2) is 36.4 Å². The predicted octanol–water partition coefficient (Wildman–Crippen LogP) is 1.84. The molecule has 0 bridgehead atoms. The summed E-state index contributed by atoms with van der Waals surface area (Å²) in [7, 11) is 0. The lowest BCUT2D eigenvalue weighted by atomic mass is 9.96. The molecule has 1 fully saturated rings. The van der Waals surface area contributed by atoms with Crippen molar-refractivity contribution in [2.24, 2.45) is 11.7 Å². The molecule has 1 aromatic rings. The second-order valence-electron chi connectivity index (χ2n) is 5.63. The third kappa shape index (κ3) is 2.95. The topological polar surface area (TPSA) is 72.6 Å². The number of primary amides is 1. The van der Waals surface area contributed by atoms with Crippen LogP contribution in [0.5, 0.6) is 5.75 Å². The average Bonchev–Trinajstić information content (AvgIpc) is 2.53. The van der Waals surface area contributed by atoms with Gasteiger partial charge in [0.15, 0.2) is 0 Å². The average molecular weight is 321 g/mol. The Morgan fingerprint density at radius 1 is 1.36 bits per heavy atom. The summed E-state index contributed by atoms with van der Waals surface area (Å²) in [5, 5.41) is 0.596. The minimum absolute atomic E-state index is 0.100. The Bertz CT molecular complexity index is 657. The summed E-state index contributed by atoms with van der Waals surface area (Å²) in [6.07, 6.45) is 3.34. The van der Waals surface area contributed by atoms with Gasteiger partial charge < -0.3 is 15.4 Å². The first-order chi connectivity index (χ1) is 10.5. The fourth-order valence-corrected chi connectivity index (χ4v) is 3.05. The smallest absolute Gasteiger partial charge is 0.253 e. The number of carbonyl (C=O) groups excluding carboxylic acids is 2. The van der Waals surface area contributed by atoms with Crippen molar-refractivity contribution in [1.82, 2.24) is 4.90 Å². The SMILES string of the molecule is NC(=O)C1CCCN(C(=O)C2=Cc3cc(Cl)ccc3OC2)C1. The van der Waals surface area contributed by atoms with Crippen LogP contribution in [0.25, 0.3) is 6.08 Å². The van der Waals surface area contributed by atoms with Gasteiger partial charge in [-0.05, 0) is 37.1 Å². The maximum absolute atomic E-state index is 12.6. The van der Waals surface area contributed by atoms with Crippen LogP contribution in [0, 0.1) is 5.92 Å². The molecule has 2 aliphatic heterocycles. The van der Waals surface area contributed by atoms with Gasteiger partial charge in [-0.25, -0.2) is 0 Å². The van der Waals surface area contributed by atoms with Gasteiger partial charge in [-0.2, -0.15) is 0 Å². The second kappa shape index (κ2) is 6.01. The van der Waals surface area contributed by atoms with Crippen molar-refractivity contribution >= 4 is 29.5 Å². The van der Waals surface area contributed by atoms with E-state index in [1.807, 2.05) is 0 Å². The first-order valence-corrected chi connectivity index (χ1v) is 7.64. The number of rotatable bonds is 2. The molecule has 5 nitrogen and oxygen atoms in total. The highest BCUT2D eigenvalue weighted by atomic mass is 35.5. The lowest BCUT2D eigenvalue weighted by molar-refractivity contribution is -0.131. The van der Waals surface area contributed by atoms with E-state index in [-0.39, 0.29) is 24.3 Å². The molecule has 1 aromatic carbocycles. The summed E-state index contributed by atoms with van der Waals surface area (Å²) in [5.41, 5.74) is 6.72. The lowest BCUT2D eigenvalue weighted by Gasteiger charge is -2.32. The number of fused-ring (bicyclic) bond motifs is 1. The fourth-order valence-electron chi connectivity index (χ4n) is 2.87. The van der Waals surface area contributed by atoms with Crippen LogP contribution in [0.4, 0.5) is 0 Å². The Balaban J connectivity index is 1.79. The summed E-state index contributed by atoms with van der Waals surface area (Å²) in [6, 6.07) is 5.31. The number of benzene rings is 1. The predicted molar refractivity (Wildman–Crippen MR) is 83.4 cm³/mol. The number of piperidine rings is 1. The molecule has 2 heterocycles. The number of halogens is 1. The van der Waals surface area contributed by atoms with Crippen molar-refractivity contribution in [2.75, 3.05) is 19.7 Å². The van der Waals surface area contributed by atoms with Gasteiger partial charge in [0.05, 0.1) is 11.5 Å². The number of hydrogen-bond acceptors (Lipinski definition) is 3. The van der Waals surface area contributed by atoms with Gasteiger partial charge >= 0.3 is 0 Å². The third-order valence-corrected chi connectivity index (χ3v) is 4.31. The molecular formula is C16H17ClN2O3. The number of nitrogens with zero attached hydrogens (tertiary/aromatic N) is 1. The zero-order valence-corrected chi connectivity index (χ0v) is 12.8. The summed E-state index contributed by atoms with van der Waals surface area (Å²) in [5.74, 6) is 0.0132. The van der Waals surface area contributed by atoms with Crippen molar-refractivity contribution in [3.63, 3.8) is 0 Å². The molecule has 2 amide bonds. The summed E-state index contributed by atoms with van der Waals surface area (Å²) in [4.78, 5) is 25.6. The van der Waals surface area contributed by atoms with E-state index in [0.717, 1.165) is 24.2 Å². The van der Waals surface area contributed by atoms with Gasteiger partial charge in [-0.3, -0.25) is 9.59 Å². The van der Waals surface area contributed by atoms with Gasteiger partial charge in [-0.15, -0.1) is 0 Å². The molecular weight excluding hydrogens is 304 g/mol. The Morgan fingerprint density at radius 3 is 2.95 bits per heavy atom. The van der Waals surface area contributed by atoms with Gasteiger partial charge in [0, 0.05) is 23.7 Å². The number of hydrogen-bond donors (Lipinski definition) is 1. The molecule has 0 saturated carbocycles. The van der Waals surface area contributed by atoms with Crippen LogP contribution in [0.1, 0.15) is 18.4 Å². The molecule has 2 aliphatic rings. The monoisotopic (exact) mass is 320 g/mol. The van der Waals surface area contributed by atoms with Crippen molar-refractivity contribution < 1.29 is 14.3 Å². The van der Waals surface area contributed by atoms with Crippen LogP contribution in [-0.2, 0) is 9.59 Å². The summed E-state index contributed by atoms with van der Waals surface area (Å²) >= 11 is 5.98. The van der Waals surface area contributed by atoms with Gasteiger partial charge in [0.25, 0.3) is 5.91 Å². The molecule has 1 saturated heterocycles. The highest BCUT2D eigenvalue weighted by Gasteiger charge is 2.29. The summed E-state index contributed by atoms with van der Waals surface area (Å²) in [6.45, 7) is 1.25. The molecule has 0 spiro atoms. The van der Waals surface area contributed by atoms with E-state index in [4.69, 9.17) is 22.1 Å². The molecule has 6 heteroatoms. The van der Waals surface area contributed by atoms with Crippen molar-refractivity contribution in [3.05, 3.63) is 34.4 Å². The largest absolute Gasteiger partial charge is 0.488 e. The highest BCUT2D eigenvalue weighted by molar-refractivity contribution is 6.30. The molecule has 1 atom stereocenters. The maximum Gasteiger partial charge on any atom is 0.253 e. The van der Waals surface area contributed by atoms with E-state index in [2.05, 4.69) is 0 Å². The van der Waals surface area contributed by atoms with Crippen LogP contribution < -0.4 is 10.5 Å². The zero-order chi connectivity index (χ0) is 15.7. The van der Waals surface area contributed by atoms with E-state index in [1.54, 1.807) is 29.2 Å². The Kier molecular flexibility index (Phi) is 4.07. The number of amides is 2. The minimum Gasteiger partial charge on any atom is -0.488 e. The van der Waals surface area contributed by atoms with Crippen LogP contribution in [0.3, 0.4) is 0 Å². The Labute approximate surface area is 133 Å². The molecule has 0 aromatic heterocycles. The van der Waals surface area contributed by atoms with E-state index in [1.165, 1.54) is 0 Å². The van der Waals surface area contributed by atoms with Gasteiger partial charge in [0.1, 0.15) is 12.4 Å². The molecule has 1 unspecified atom stereocenters. The van der Waals surface area contributed by atoms with Crippen LogP contribution in [0.2, 0.25) is 5.02 Å². The van der Waals surface area contributed by atoms with E-state index >= 15 is 0 Å². The second-order valence-corrected chi connectivity index (χ2v) is 6.07. The molecule has 0 aliphatic carbocycles. The Morgan fingerprint density at radius 2 is 2.18 bits per heavy atom. The number of likely N-dealkylation sites (tertiary alicyclic amines) is 1. The maximum atomic E-state index is 12.6. The van der Waals surface area contributed by atoms with Gasteiger partial charge in [0.2, 0.25) is 5.91 Å². The molecule has 2 N–H and O–H groups in total. The third-order valence-electron chi connectivity index (χ3n) is 4.07. The fraction of sp³-hybridized carbons (Fsp3) is 0.375. The number of nitrogens with two attached hydrogens (primary N) is 1. The normalized spacial score (nSPS) is 20.7. The molecule has 116 valence electrons. The summed E-state index contributed by atoms with van der Waals surface area (Å²) < 4.78 is 5.61. The number of carbonyl (C=O) groups is 2. The first kappa shape index (κ1) is 14.9. The highest BCUT2D eigenvalue weighted by Crippen LogP contribution is 2.30. The standard InChI is InChI=1S/C16H17ClN2O3/c17-13-3-4-14-11(7-13)6-12(9-22-14)16(21)19-5-1-2-10(8-19)15(18)20/h3-4,6-7,10H,1-2,5,8-9H2,(H2,18,20). The van der Waals surface area contributed by atoms with Crippen molar-refractivity contribution in [1.29, 1.82) is 0 Å². The van der Waals surface area contributed by atoms with Gasteiger partial charge in [-0.1, -0.05) is 11.6 Å². The first-order valence-electron chi connectivity index (χ1n) is 7.26. The zero-order valence-electron chi connectivity index (χ0n) is 12.0. The quantitative estimate of drug-likeness (QED) is 0.903. The molecule has 22 heavy (non-hydrogen) atoms.